The molecule has 2 rings (SSSR count). The Labute approximate surface area is 103 Å². The van der Waals surface area contributed by atoms with Crippen molar-refractivity contribution in [3.8, 4) is 0 Å². The van der Waals surface area contributed by atoms with Crippen LogP contribution >= 0.6 is 0 Å². The van der Waals surface area contributed by atoms with E-state index in [2.05, 4.69) is 6.92 Å². The standard InChI is InChI=1S/C13H24N2O2/c1-3-8(2)12(14)13(17)15-6-9-4-5-11(16)10(9)7-15/h8-12,16H,3-7,14H2,1-2H3/t8-,9?,10?,11?,12-/m0/s1. The van der Waals surface area contributed by atoms with E-state index < -0.39 is 0 Å². The molecule has 98 valence electrons. The number of hydrogen-bond acceptors (Lipinski definition) is 3. The molecule has 0 aromatic rings. The first-order chi connectivity index (χ1) is 8.04. The zero-order valence-electron chi connectivity index (χ0n) is 10.8. The molecule has 1 saturated heterocycles. The summed E-state index contributed by atoms with van der Waals surface area (Å²) in [5.74, 6) is 1.09. The number of carbonyl (C=O) groups excluding carboxylic acids is 1. The summed E-state index contributed by atoms with van der Waals surface area (Å²) in [7, 11) is 0. The molecule has 5 atom stereocenters. The molecule has 0 aromatic heterocycles. The van der Waals surface area contributed by atoms with Crippen LogP contribution in [0.15, 0.2) is 0 Å². The van der Waals surface area contributed by atoms with E-state index in [-0.39, 0.29) is 24.0 Å². The molecule has 0 spiro atoms. The largest absolute Gasteiger partial charge is 0.393 e. The lowest BCUT2D eigenvalue weighted by Crippen LogP contribution is -2.46. The number of fused-ring (bicyclic) bond motifs is 1. The Morgan fingerprint density at radius 3 is 2.76 bits per heavy atom. The van der Waals surface area contributed by atoms with E-state index in [1.807, 2.05) is 11.8 Å². The molecule has 1 heterocycles. The molecular formula is C13H24N2O2. The Kier molecular flexibility index (Phi) is 3.73. The van der Waals surface area contributed by atoms with E-state index >= 15 is 0 Å². The predicted octanol–water partition coefficient (Wildman–Crippen LogP) is 0.589. The second kappa shape index (κ2) is 4.94. The summed E-state index contributed by atoms with van der Waals surface area (Å²) in [6, 6.07) is -0.379. The lowest BCUT2D eigenvalue weighted by Gasteiger charge is -2.25. The Hall–Kier alpha value is -0.610. The van der Waals surface area contributed by atoms with Gasteiger partial charge in [-0.2, -0.15) is 0 Å². The van der Waals surface area contributed by atoms with Gasteiger partial charge in [-0.3, -0.25) is 4.79 Å². The summed E-state index contributed by atoms with van der Waals surface area (Å²) < 4.78 is 0. The highest BCUT2D eigenvalue weighted by molar-refractivity contribution is 5.82. The highest BCUT2D eigenvalue weighted by Gasteiger charge is 2.44. The molecule has 3 unspecified atom stereocenters. The zero-order chi connectivity index (χ0) is 12.6. The summed E-state index contributed by atoms with van der Waals surface area (Å²) in [6.07, 6.45) is 2.66. The Bertz CT molecular complexity index is 295. The van der Waals surface area contributed by atoms with Gasteiger partial charge in [0, 0.05) is 19.0 Å². The fourth-order valence-electron chi connectivity index (χ4n) is 3.12. The van der Waals surface area contributed by atoms with Crippen LogP contribution < -0.4 is 5.73 Å². The number of likely N-dealkylation sites (tertiary alicyclic amines) is 1. The van der Waals surface area contributed by atoms with Crippen LogP contribution in [0.4, 0.5) is 0 Å². The minimum Gasteiger partial charge on any atom is -0.393 e. The summed E-state index contributed by atoms with van der Waals surface area (Å²) in [6.45, 7) is 5.58. The van der Waals surface area contributed by atoms with Crippen molar-refractivity contribution in [1.82, 2.24) is 4.90 Å². The maximum atomic E-state index is 12.2. The van der Waals surface area contributed by atoms with Gasteiger partial charge in [0.2, 0.25) is 5.91 Å². The van der Waals surface area contributed by atoms with Crippen LogP contribution in [0.1, 0.15) is 33.1 Å². The molecule has 2 fully saturated rings. The first-order valence-electron chi connectivity index (χ1n) is 6.77. The summed E-state index contributed by atoms with van der Waals surface area (Å²) >= 11 is 0. The van der Waals surface area contributed by atoms with Crippen molar-refractivity contribution in [3.63, 3.8) is 0 Å². The van der Waals surface area contributed by atoms with Crippen molar-refractivity contribution in [3.05, 3.63) is 0 Å². The first-order valence-corrected chi connectivity index (χ1v) is 6.77. The molecule has 1 aliphatic heterocycles. The molecule has 0 radical (unpaired) electrons. The van der Waals surface area contributed by atoms with Crippen molar-refractivity contribution in [2.75, 3.05) is 13.1 Å². The van der Waals surface area contributed by atoms with Crippen LogP contribution in [0.25, 0.3) is 0 Å². The van der Waals surface area contributed by atoms with Crippen LogP contribution in [-0.2, 0) is 4.79 Å². The van der Waals surface area contributed by atoms with Crippen LogP contribution in [0.5, 0.6) is 0 Å². The molecule has 1 amide bonds. The van der Waals surface area contributed by atoms with Gasteiger partial charge in [-0.1, -0.05) is 20.3 Å². The molecular weight excluding hydrogens is 216 g/mol. The van der Waals surface area contributed by atoms with Crippen molar-refractivity contribution in [2.24, 2.45) is 23.5 Å². The maximum absolute atomic E-state index is 12.2. The highest BCUT2D eigenvalue weighted by Crippen LogP contribution is 2.38. The van der Waals surface area contributed by atoms with Gasteiger partial charge in [-0.25, -0.2) is 0 Å². The van der Waals surface area contributed by atoms with Gasteiger partial charge < -0.3 is 15.7 Å². The van der Waals surface area contributed by atoms with E-state index in [9.17, 15) is 9.90 Å². The molecule has 2 aliphatic rings. The Balaban J connectivity index is 1.94. The number of aliphatic hydroxyl groups is 1. The van der Waals surface area contributed by atoms with Crippen molar-refractivity contribution < 1.29 is 9.90 Å². The second-order valence-corrected chi connectivity index (χ2v) is 5.72. The van der Waals surface area contributed by atoms with E-state index in [1.165, 1.54) is 0 Å². The average Bonchev–Trinajstić information content (AvgIpc) is 2.89. The van der Waals surface area contributed by atoms with Gasteiger partial charge in [0.05, 0.1) is 12.1 Å². The van der Waals surface area contributed by atoms with Gasteiger partial charge >= 0.3 is 0 Å². The number of nitrogens with zero attached hydrogens (tertiary/aromatic N) is 1. The van der Waals surface area contributed by atoms with Gasteiger partial charge in [-0.15, -0.1) is 0 Å². The molecule has 4 nitrogen and oxygen atoms in total. The predicted molar refractivity (Wildman–Crippen MR) is 66.2 cm³/mol. The number of hydrogen-bond donors (Lipinski definition) is 2. The van der Waals surface area contributed by atoms with Gasteiger partial charge in [0.1, 0.15) is 0 Å². The third-order valence-electron chi connectivity index (χ3n) is 4.67. The van der Waals surface area contributed by atoms with Gasteiger partial charge in [0.25, 0.3) is 0 Å². The number of carbonyl (C=O) groups is 1. The molecule has 1 aliphatic carbocycles. The fraction of sp³-hybridized carbons (Fsp3) is 0.923. The Morgan fingerprint density at radius 2 is 2.18 bits per heavy atom. The van der Waals surface area contributed by atoms with E-state index in [0.717, 1.165) is 25.8 Å². The van der Waals surface area contributed by atoms with Gasteiger partial charge in [-0.05, 0) is 24.7 Å². The normalized spacial score (nSPS) is 35.8. The van der Waals surface area contributed by atoms with E-state index in [1.54, 1.807) is 0 Å². The number of rotatable bonds is 3. The Morgan fingerprint density at radius 1 is 1.47 bits per heavy atom. The molecule has 4 heteroatoms. The van der Waals surface area contributed by atoms with Crippen molar-refractivity contribution >= 4 is 5.91 Å². The average molecular weight is 240 g/mol. The van der Waals surface area contributed by atoms with E-state index in [4.69, 9.17) is 5.73 Å². The quantitative estimate of drug-likeness (QED) is 0.758. The van der Waals surface area contributed by atoms with E-state index in [0.29, 0.717) is 18.4 Å². The fourth-order valence-corrected chi connectivity index (χ4v) is 3.12. The third kappa shape index (κ3) is 2.33. The SMILES string of the molecule is CC[C@H](C)[C@H](N)C(=O)N1CC2CCC(O)C2C1. The monoisotopic (exact) mass is 240 g/mol. The van der Waals surface area contributed by atoms with Crippen molar-refractivity contribution in [1.29, 1.82) is 0 Å². The zero-order valence-corrected chi connectivity index (χ0v) is 10.8. The lowest BCUT2D eigenvalue weighted by atomic mass is 9.99. The number of aliphatic hydroxyl groups excluding tert-OH is 1. The first kappa shape index (κ1) is 12.8. The lowest BCUT2D eigenvalue weighted by molar-refractivity contribution is -0.133. The highest BCUT2D eigenvalue weighted by atomic mass is 16.3. The maximum Gasteiger partial charge on any atom is 0.239 e. The molecule has 17 heavy (non-hydrogen) atoms. The molecule has 3 N–H and O–H groups in total. The topological polar surface area (TPSA) is 66.6 Å². The number of nitrogens with two attached hydrogens (primary N) is 1. The second-order valence-electron chi connectivity index (χ2n) is 5.72. The van der Waals surface area contributed by atoms with Crippen LogP contribution in [0.2, 0.25) is 0 Å². The summed E-state index contributed by atoms with van der Waals surface area (Å²) in [4.78, 5) is 14.1. The molecule has 0 bridgehead atoms. The molecule has 1 saturated carbocycles. The number of amides is 1. The third-order valence-corrected chi connectivity index (χ3v) is 4.67. The smallest absolute Gasteiger partial charge is 0.239 e. The molecule has 0 aromatic carbocycles. The van der Waals surface area contributed by atoms with Crippen LogP contribution in [0, 0.1) is 17.8 Å². The van der Waals surface area contributed by atoms with Crippen molar-refractivity contribution in [2.45, 2.75) is 45.3 Å². The minimum absolute atomic E-state index is 0.0703. The van der Waals surface area contributed by atoms with Gasteiger partial charge in [0.15, 0.2) is 0 Å². The van der Waals surface area contributed by atoms with Crippen LogP contribution in [-0.4, -0.2) is 41.1 Å². The summed E-state index contributed by atoms with van der Waals surface area (Å²) in [5, 5.41) is 9.82. The summed E-state index contributed by atoms with van der Waals surface area (Å²) in [5.41, 5.74) is 5.98. The van der Waals surface area contributed by atoms with Crippen LogP contribution in [0.3, 0.4) is 0 Å². The minimum atomic E-state index is -0.379.